The van der Waals surface area contributed by atoms with Crippen LogP contribution < -0.4 is 20.1 Å². The molecule has 3 N–H and O–H groups in total. The van der Waals surface area contributed by atoms with E-state index in [9.17, 15) is 4.79 Å². The molecule has 1 fully saturated rings. The fourth-order valence-corrected chi connectivity index (χ4v) is 3.73. The zero-order chi connectivity index (χ0) is 17.1. The third kappa shape index (κ3) is 3.83. The summed E-state index contributed by atoms with van der Waals surface area (Å²) >= 11 is 0. The van der Waals surface area contributed by atoms with Gasteiger partial charge in [-0.25, -0.2) is 0 Å². The minimum absolute atomic E-state index is 0.0390. The molecule has 0 bridgehead atoms. The Morgan fingerprint density at radius 2 is 1.96 bits per heavy atom. The lowest BCUT2D eigenvalue weighted by Gasteiger charge is -2.33. The molecular formula is C19H29N2O3+. The molecule has 2 aliphatic rings. The summed E-state index contributed by atoms with van der Waals surface area (Å²) < 4.78 is 11.1. The SMILES string of the molecule is C[C@H]1[C@@H]([NH2+][C@@H](C)C(=O)Nc2ccc3c(c2)OCCO3)CCC[C@@H]1C. The average molecular weight is 333 g/mol. The van der Waals surface area contributed by atoms with Crippen molar-refractivity contribution in [3.8, 4) is 11.5 Å². The standard InChI is InChI=1S/C19H28N2O3/c1-12-5-4-6-16(13(12)2)20-14(3)19(22)21-15-7-8-17-18(11-15)24-10-9-23-17/h7-8,11-14,16,20H,4-6,9-10H2,1-3H3,(H,21,22)/p+1/t12-,13+,14-,16-/m0/s1. The minimum atomic E-state index is -0.101. The zero-order valence-electron chi connectivity index (χ0n) is 14.9. The second-order valence-electron chi connectivity index (χ2n) is 7.26. The quantitative estimate of drug-likeness (QED) is 0.888. The Bertz CT molecular complexity index is 590. The van der Waals surface area contributed by atoms with Gasteiger partial charge < -0.3 is 20.1 Å². The number of rotatable bonds is 4. The van der Waals surface area contributed by atoms with Gasteiger partial charge in [-0.3, -0.25) is 4.79 Å². The number of carbonyl (C=O) groups excluding carboxylic acids is 1. The van der Waals surface area contributed by atoms with E-state index in [0.29, 0.717) is 30.9 Å². The Morgan fingerprint density at radius 3 is 2.75 bits per heavy atom. The number of hydrogen-bond donors (Lipinski definition) is 2. The van der Waals surface area contributed by atoms with Crippen LogP contribution in [0.1, 0.15) is 40.0 Å². The van der Waals surface area contributed by atoms with Crippen molar-refractivity contribution in [2.45, 2.75) is 52.1 Å². The second kappa shape index (κ2) is 7.43. The Labute approximate surface area is 144 Å². The molecule has 0 aromatic heterocycles. The molecule has 24 heavy (non-hydrogen) atoms. The van der Waals surface area contributed by atoms with Crippen LogP contribution in [0.4, 0.5) is 5.69 Å². The van der Waals surface area contributed by atoms with Gasteiger partial charge in [-0.15, -0.1) is 0 Å². The summed E-state index contributed by atoms with van der Waals surface area (Å²) in [7, 11) is 0. The van der Waals surface area contributed by atoms with Crippen molar-refractivity contribution >= 4 is 11.6 Å². The molecule has 0 unspecified atom stereocenters. The van der Waals surface area contributed by atoms with Crippen LogP contribution in [0.25, 0.3) is 0 Å². The number of fused-ring (bicyclic) bond motifs is 1. The molecule has 3 rings (SSSR count). The first-order valence-corrected chi connectivity index (χ1v) is 9.10. The van der Waals surface area contributed by atoms with Crippen LogP contribution in [0.3, 0.4) is 0 Å². The summed E-state index contributed by atoms with van der Waals surface area (Å²) in [6.45, 7) is 7.75. The normalized spacial score (nSPS) is 27.4. The smallest absolute Gasteiger partial charge is 0.282 e. The fourth-order valence-electron chi connectivity index (χ4n) is 3.73. The van der Waals surface area contributed by atoms with Gasteiger partial charge in [0.05, 0.1) is 6.04 Å². The predicted molar refractivity (Wildman–Crippen MR) is 93.4 cm³/mol. The van der Waals surface area contributed by atoms with E-state index >= 15 is 0 Å². The van der Waals surface area contributed by atoms with Crippen LogP contribution in [0, 0.1) is 11.8 Å². The molecule has 1 aromatic rings. The summed E-state index contributed by atoms with van der Waals surface area (Å²) in [4.78, 5) is 12.5. The van der Waals surface area contributed by atoms with E-state index in [-0.39, 0.29) is 11.9 Å². The van der Waals surface area contributed by atoms with Gasteiger partial charge in [-0.2, -0.15) is 0 Å². The first kappa shape index (κ1) is 17.1. The van der Waals surface area contributed by atoms with E-state index < -0.39 is 0 Å². The molecule has 5 heteroatoms. The summed E-state index contributed by atoms with van der Waals surface area (Å²) in [5, 5.41) is 5.25. The van der Waals surface area contributed by atoms with E-state index in [1.165, 1.54) is 19.3 Å². The van der Waals surface area contributed by atoms with Crippen molar-refractivity contribution in [2.24, 2.45) is 11.8 Å². The molecule has 5 nitrogen and oxygen atoms in total. The first-order valence-electron chi connectivity index (χ1n) is 9.10. The molecule has 1 aliphatic carbocycles. The van der Waals surface area contributed by atoms with Crippen molar-refractivity contribution in [1.29, 1.82) is 0 Å². The van der Waals surface area contributed by atoms with Gasteiger partial charge in [0.25, 0.3) is 5.91 Å². The number of ether oxygens (including phenoxy) is 2. The molecule has 0 saturated heterocycles. The van der Waals surface area contributed by atoms with Gasteiger partial charge in [0, 0.05) is 17.7 Å². The lowest BCUT2D eigenvalue weighted by molar-refractivity contribution is -0.715. The highest BCUT2D eigenvalue weighted by Crippen LogP contribution is 2.32. The number of hydrogen-bond acceptors (Lipinski definition) is 3. The van der Waals surface area contributed by atoms with Crippen molar-refractivity contribution in [3.05, 3.63) is 18.2 Å². The molecular weight excluding hydrogens is 304 g/mol. The van der Waals surface area contributed by atoms with Gasteiger partial charge in [-0.1, -0.05) is 13.8 Å². The lowest BCUT2D eigenvalue weighted by atomic mass is 9.78. The van der Waals surface area contributed by atoms with Crippen LogP contribution in [0.15, 0.2) is 18.2 Å². The monoisotopic (exact) mass is 333 g/mol. The summed E-state index contributed by atoms with van der Waals surface area (Å²) in [5.74, 6) is 2.88. The Morgan fingerprint density at radius 1 is 1.21 bits per heavy atom. The number of amides is 1. The molecule has 1 aromatic carbocycles. The van der Waals surface area contributed by atoms with Crippen LogP contribution in [0.2, 0.25) is 0 Å². The summed E-state index contributed by atoms with van der Waals surface area (Å²) in [6.07, 6.45) is 3.78. The molecule has 132 valence electrons. The molecule has 1 amide bonds. The largest absolute Gasteiger partial charge is 0.486 e. The van der Waals surface area contributed by atoms with Gasteiger partial charge in [-0.05, 0) is 44.2 Å². The van der Waals surface area contributed by atoms with E-state index in [1.54, 1.807) is 0 Å². The zero-order valence-corrected chi connectivity index (χ0v) is 14.9. The van der Waals surface area contributed by atoms with Crippen LogP contribution in [0.5, 0.6) is 11.5 Å². The molecule has 1 heterocycles. The number of quaternary nitrogens is 1. The Hall–Kier alpha value is -1.75. The third-order valence-electron chi connectivity index (χ3n) is 5.53. The van der Waals surface area contributed by atoms with Gasteiger partial charge in [0.2, 0.25) is 0 Å². The predicted octanol–water partition coefficient (Wildman–Crippen LogP) is 2.17. The molecule has 0 spiro atoms. The summed E-state index contributed by atoms with van der Waals surface area (Å²) in [5.41, 5.74) is 0.759. The van der Waals surface area contributed by atoms with Crippen LogP contribution in [-0.2, 0) is 4.79 Å². The minimum Gasteiger partial charge on any atom is -0.486 e. The number of anilines is 1. The first-order chi connectivity index (χ1) is 11.5. The van der Waals surface area contributed by atoms with Crippen molar-refractivity contribution in [3.63, 3.8) is 0 Å². The fraction of sp³-hybridized carbons (Fsp3) is 0.632. The molecule has 4 atom stereocenters. The highest BCUT2D eigenvalue weighted by molar-refractivity contribution is 5.93. The van der Waals surface area contributed by atoms with E-state index in [0.717, 1.165) is 17.4 Å². The Balaban J connectivity index is 1.58. The number of benzene rings is 1. The van der Waals surface area contributed by atoms with Gasteiger partial charge in [0.15, 0.2) is 17.5 Å². The van der Waals surface area contributed by atoms with Gasteiger partial charge in [0.1, 0.15) is 13.2 Å². The number of nitrogens with two attached hydrogens (primary N) is 1. The lowest BCUT2D eigenvalue weighted by Crippen LogP contribution is -2.97. The molecule has 1 saturated carbocycles. The summed E-state index contributed by atoms with van der Waals surface area (Å²) in [6, 6.07) is 5.99. The van der Waals surface area contributed by atoms with Crippen LogP contribution >= 0.6 is 0 Å². The maximum absolute atomic E-state index is 12.5. The van der Waals surface area contributed by atoms with Crippen molar-refractivity contribution in [1.82, 2.24) is 0 Å². The van der Waals surface area contributed by atoms with Crippen molar-refractivity contribution in [2.75, 3.05) is 18.5 Å². The number of carbonyl (C=O) groups is 1. The van der Waals surface area contributed by atoms with E-state index in [4.69, 9.17) is 9.47 Å². The van der Waals surface area contributed by atoms with Crippen LogP contribution in [-0.4, -0.2) is 31.2 Å². The van der Waals surface area contributed by atoms with Gasteiger partial charge >= 0.3 is 0 Å². The average Bonchev–Trinajstić information content (AvgIpc) is 2.58. The van der Waals surface area contributed by atoms with E-state index in [2.05, 4.69) is 24.5 Å². The van der Waals surface area contributed by atoms with Crippen molar-refractivity contribution < 1.29 is 19.6 Å². The highest BCUT2D eigenvalue weighted by Gasteiger charge is 2.32. The number of nitrogens with one attached hydrogen (secondary N) is 1. The topological polar surface area (TPSA) is 64.2 Å². The molecule has 0 radical (unpaired) electrons. The Kier molecular flexibility index (Phi) is 5.29. The second-order valence-corrected chi connectivity index (χ2v) is 7.26. The van der Waals surface area contributed by atoms with E-state index in [1.807, 2.05) is 25.1 Å². The maximum Gasteiger partial charge on any atom is 0.282 e. The highest BCUT2D eigenvalue weighted by atomic mass is 16.6. The maximum atomic E-state index is 12.5. The molecule has 1 aliphatic heterocycles. The third-order valence-corrected chi connectivity index (χ3v) is 5.53.